The lowest BCUT2D eigenvalue weighted by Crippen LogP contribution is -2.62. The lowest BCUT2D eigenvalue weighted by atomic mass is 9.78. The molecule has 0 aromatic heterocycles. The van der Waals surface area contributed by atoms with Gasteiger partial charge in [0.25, 0.3) is 0 Å². The molecule has 1 amide bonds. The molecule has 0 bridgehead atoms. The quantitative estimate of drug-likeness (QED) is 0.883. The van der Waals surface area contributed by atoms with E-state index >= 15 is 0 Å². The average molecular weight is 308 g/mol. The van der Waals surface area contributed by atoms with Crippen LogP contribution >= 0.6 is 11.6 Å². The molecular formula is C16H22ClN3O. The normalized spacial score (nSPS) is 21.5. The molecule has 3 rings (SSSR count). The largest absolute Gasteiger partial charge is 0.366 e. The smallest absolute Gasteiger partial charge is 0.250 e. The number of benzene rings is 1. The Balaban J connectivity index is 1.93. The number of hydrogen-bond acceptors (Lipinski definition) is 3. The van der Waals surface area contributed by atoms with Crippen molar-refractivity contribution < 1.29 is 4.79 Å². The van der Waals surface area contributed by atoms with Gasteiger partial charge in [0.15, 0.2) is 0 Å². The second kappa shape index (κ2) is 5.85. The van der Waals surface area contributed by atoms with Crippen molar-refractivity contribution in [3.63, 3.8) is 0 Å². The van der Waals surface area contributed by atoms with Crippen molar-refractivity contribution in [3.8, 4) is 0 Å². The Hall–Kier alpha value is -1.26. The van der Waals surface area contributed by atoms with Gasteiger partial charge in [0.2, 0.25) is 5.91 Å². The maximum Gasteiger partial charge on any atom is 0.250 e. The van der Waals surface area contributed by atoms with Crippen LogP contribution in [0, 0.1) is 0 Å². The molecule has 21 heavy (non-hydrogen) atoms. The SMILES string of the molecule is NC(=O)c1ccc(N2CCNCC23CCCCC3)cc1Cl. The first-order valence-corrected chi connectivity index (χ1v) is 8.08. The topological polar surface area (TPSA) is 58.4 Å². The number of rotatable bonds is 2. The van der Waals surface area contributed by atoms with Crippen molar-refractivity contribution in [1.82, 2.24) is 5.32 Å². The molecule has 1 aliphatic heterocycles. The second-order valence-corrected chi connectivity index (χ2v) is 6.55. The molecule has 0 radical (unpaired) electrons. The van der Waals surface area contributed by atoms with Crippen LogP contribution < -0.4 is 16.0 Å². The van der Waals surface area contributed by atoms with Crippen LogP contribution in [0.25, 0.3) is 0 Å². The van der Waals surface area contributed by atoms with Crippen LogP contribution in [0.2, 0.25) is 5.02 Å². The maximum absolute atomic E-state index is 11.3. The molecule has 114 valence electrons. The third kappa shape index (κ3) is 2.74. The number of piperazine rings is 1. The van der Waals surface area contributed by atoms with Crippen LogP contribution in [0.4, 0.5) is 5.69 Å². The fourth-order valence-corrected chi connectivity index (χ4v) is 4.04. The maximum atomic E-state index is 11.3. The van der Waals surface area contributed by atoms with E-state index in [-0.39, 0.29) is 5.54 Å². The van der Waals surface area contributed by atoms with Crippen molar-refractivity contribution >= 4 is 23.2 Å². The van der Waals surface area contributed by atoms with Crippen LogP contribution in [0.1, 0.15) is 42.5 Å². The van der Waals surface area contributed by atoms with Gasteiger partial charge in [-0.3, -0.25) is 4.79 Å². The first kappa shape index (κ1) is 14.7. The highest BCUT2D eigenvalue weighted by Gasteiger charge is 2.39. The summed E-state index contributed by atoms with van der Waals surface area (Å²) in [5.74, 6) is -0.473. The molecular weight excluding hydrogens is 286 g/mol. The molecule has 0 atom stereocenters. The lowest BCUT2D eigenvalue weighted by molar-refractivity contribution is 0.100. The highest BCUT2D eigenvalue weighted by atomic mass is 35.5. The van der Waals surface area contributed by atoms with Gasteiger partial charge in [-0.2, -0.15) is 0 Å². The third-order valence-corrected chi connectivity index (χ3v) is 5.17. The minimum absolute atomic E-state index is 0.202. The molecule has 1 saturated heterocycles. The molecule has 1 spiro atoms. The van der Waals surface area contributed by atoms with Crippen LogP contribution in [0.5, 0.6) is 0 Å². The third-order valence-electron chi connectivity index (χ3n) is 4.85. The van der Waals surface area contributed by atoms with Crippen LogP contribution in [0.3, 0.4) is 0 Å². The van der Waals surface area contributed by atoms with Gasteiger partial charge in [-0.25, -0.2) is 0 Å². The molecule has 1 heterocycles. The summed E-state index contributed by atoms with van der Waals surface area (Å²) in [5, 5.41) is 3.99. The number of anilines is 1. The summed E-state index contributed by atoms with van der Waals surface area (Å²) < 4.78 is 0. The summed E-state index contributed by atoms with van der Waals surface area (Å²) in [6.07, 6.45) is 6.33. The van der Waals surface area contributed by atoms with E-state index in [2.05, 4.69) is 10.2 Å². The van der Waals surface area contributed by atoms with E-state index in [1.165, 1.54) is 32.1 Å². The van der Waals surface area contributed by atoms with Gasteiger partial charge in [0, 0.05) is 25.3 Å². The Morgan fingerprint density at radius 2 is 2.05 bits per heavy atom. The Morgan fingerprint density at radius 3 is 2.71 bits per heavy atom. The average Bonchev–Trinajstić information content (AvgIpc) is 2.48. The fraction of sp³-hybridized carbons (Fsp3) is 0.562. The zero-order valence-electron chi connectivity index (χ0n) is 12.2. The van der Waals surface area contributed by atoms with Gasteiger partial charge in [0.05, 0.1) is 16.1 Å². The van der Waals surface area contributed by atoms with Gasteiger partial charge >= 0.3 is 0 Å². The number of nitrogens with one attached hydrogen (secondary N) is 1. The number of primary amides is 1. The molecule has 4 nitrogen and oxygen atoms in total. The van der Waals surface area contributed by atoms with Gasteiger partial charge in [-0.15, -0.1) is 0 Å². The summed E-state index contributed by atoms with van der Waals surface area (Å²) >= 11 is 6.23. The van der Waals surface area contributed by atoms with E-state index < -0.39 is 5.91 Å². The van der Waals surface area contributed by atoms with Crippen LogP contribution in [-0.2, 0) is 0 Å². The Kier molecular flexibility index (Phi) is 4.09. The van der Waals surface area contributed by atoms with Crippen LogP contribution in [0.15, 0.2) is 18.2 Å². The molecule has 0 unspecified atom stereocenters. The molecule has 2 fully saturated rings. The van der Waals surface area contributed by atoms with E-state index in [0.29, 0.717) is 10.6 Å². The first-order chi connectivity index (χ1) is 10.1. The highest BCUT2D eigenvalue weighted by Crippen LogP contribution is 2.38. The van der Waals surface area contributed by atoms with E-state index in [0.717, 1.165) is 25.3 Å². The number of carbonyl (C=O) groups is 1. The fourth-order valence-electron chi connectivity index (χ4n) is 3.78. The Morgan fingerprint density at radius 1 is 1.29 bits per heavy atom. The molecule has 1 saturated carbocycles. The van der Waals surface area contributed by atoms with Gasteiger partial charge < -0.3 is 16.0 Å². The number of hydrogen-bond donors (Lipinski definition) is 2. The molecule has 5 heteroatoms. The van der Waals surface area contributed by atoms with Crippen molar-refractivity contribution in [1.29, 1.82) is 0 Å². The summed E-state index contributed by atoms with van der Waals surface area (Å²) in [5.41, 5.74) is 7.04. The standard InChI is InChI=1S/C16H22ClN3O/c17-14-10-12(4-5-13(14)15(18)21)20-9-8-19-11-16(20)6-2-1-3-7-16/h4-5,10,19H,1-3,6-9,11H2,(H2,18,21). The summed E-state index contributed by atoms with van der Waals surface area (Å²) in [4.78, 5) is 13.8. The van der Waals surface area contributed by atoms with Crippen molar-refractivity contribution in [2.75, 3.05) is 24.5 Å². The van der Waals surface area contributed by atoms with E-state index in [1.807, 2.05) is 12.1 Å². The molecule has 2 aliphatic rings. The minimum atomic E-state index is -0.473. The summed E-state index contributed by atoms with van der Waals surface area (Å²) in [6.45, 7) is 2.99. The van der Waals surface area contributed by atoms with E-state index in [9.17, 15) is 4.79 Å². The molecule has 1 aromatic rings. The number of halogens is 1. The Bertz CT molecular complexity index is 532. The predicted octanol–water partition coefficient (Wildman–Crippen LogP) is 2.55. The molecule has 3 N–H and O–H groups in total. The monoisotopic (exact) mass is 307 g/mol. The molecule has 1 aromatic carbocycles. The van der Waals surface area contributed by atoms with Gasteiger partial charge in [0.1, 0.15) is 0 Å². The number of nitrogens with zero attached hydrogens (tertiary/aromatic N) is 1. The number of carbonyl (C=O) groups excluding carboxylic acids is 1. The zero-order chi connectivity index (χ0) is 14.9. The summed E-state index contributed by atoms with van der Waals surface area (Å²) in [7, 11) is 0. The van der Waals surface area contributed by atoms with Gasteiger partial charge in [-0.05, 0) is 31.0 Å². The second-order valence-electron chi connectivity index (χ2n) is 6.14. The minimum Gasteiger partial charge on any atom is -0.366 e. The van der Waals surface area contributed by atoms with Crippen LogP contribution in [-0.4, -0.2) is 31.1 Å². The highest BCUT2D eigenvalue weighted by molar-refractivity contribution is 6.34. The predicted molar refractivity (Wildman–Crippen MR) is 86.0 cm³/mol. The first-order valence-electron chi connectivity index (χ1n) is 7.70. The lowest BCUT2D eigenvalue weighted by Gasteiger charge is -2.51. The van der Waals surface area contributed by atoms with Crippen molar-refractivity contribution in [2.24, 2.45) is 5.73 Å². The molecule has 1 aliphatic carbocycles. The van der Waals surface area contributed by atoms with Crippen molar-refractivity contribution in [2.45, 2.75) is 37.6 Å². The van der Waals surface area contributed by atoms with E-state index in [1.54, 1.807) is 6.07 Å². The number of amides is 1. The zero-order valence-corrected chi connectivity index (χ0v) is 13.0. The van der Waals surface area contributed by atoms with Gasteiger partial charge in [-0.1, -0.05) is 30.9 Å². The van der Waals surface area contributed by atoms with Crippen molar-refractivity contribution in [3.05, 3.63) is 28.8 Å². The summed E-state index contributed by atoms with van der Waals surface area (Å²) in [6, 6.07) is 5.62. The number of nitrogens with two attached hydrogens (primary N) is 1. The van der Waals surface area contributed by atoms with E-state index in [4.69, 9.17) is 17.3 Å². The Labute approximate surface area is 130 Å².